The molecule has 0 spiro atoms. The van der Waals surface area contributed by atoms with Gasteiger partial charge in [-0.15, -0.1) is 0 Å². The van der Waals surface area contributed by atoms with Crippen molar-refractivity contribution in [2.75, 3.05) is 0 Å². The minimum absolute atomic E-state index is 0.0269. The lowest BCUT2D eigenvalue weighted by molar-refractivity contribution is 0.0887. The van der Waals surface area contributed by atoms with Gasteiger partial charge in [0.15, 0.2) is 0 Å². The highest BCUT2D eigenvalue weighted by molar-refractivity contribution is 6.55. The van der Waals surface area contributed by atoms with E-state index in [1.807, 2.05) is 0 Å². The number of rotatable bonds is 4. The van der Waals surface area contributed by atoms with Crippen molar-refractivity contribution in [2.45, 2.75) is 12.0 Å². The molecule has 2 N–H and O–H groups in total. The lowest BCUT2D eigenvalue weighted by atomic mass is 9.89. The smallest absolute Gasteiger partial charge is 0.116 e. The summed E-state index contributed by atoms with van der Waals surface area (Å²) in [6.45, 7) is 0. The van der Waals surface area contributed by atoms with Crippen LogP contribution >= 0.6 is 34.8 Å². The molecule has 0 radical (unpaired) electrons. The molecule has 1 atom stereocenters. The number of nitrogens with one attached hydrogen (secondary N) is 1. The lowest BCUT2D eigenvalue weighted by Gasteiger charge is -2.24. The Labute approximate surface area is 125 Å². The van der Waals surface area contributed by atoms with E-state index in [9.17, 15) is 5.11 Å². The first-order valence-corrected chi connectivity index (χ1v) is 6.50. The maximum absolute atomic E-state index is 10.7. The average Bonchev–Trinajstić information content (AvgIpc) is 2.81. The number of aromatic nitrogens is 3. The van der Waals surface area contributed by atoms with E-state index in [2.05, 4.69) is 15.4 Å². The number of aliphatic hydroxyl groups is 1. The first-order valence-electron chi connectivity index (χ1n) is 5.36. The zero-order chi connectivity index (χ0) is 13.9. The van der Waals surface area contributed by atoms with E-state index in [4.69, 9.17) is 34.8 Å². The zero-order valence-corrected chi connectivity index (χ0v) is 11.9. The number of hydrogen-bond acceptors (Lipinski definition) is 3. The van der Waals surface area contributed by atoms with Crippen LogP contribution in [0.4, 0.5) is 0 Å². The van der Waals surface area contributed by atoms with Crippen LogP contribution in [0.25, 0.3) is 0 Å². The van der Waals surface area contributed by atoms with Crippen molar-refractivity contribution < 1.29 is 5.11 Å². The maximum Gasteiger partial charge on any atom is 0.116 e. The summed E-state index contributed by atoms with van der Waals surface area (Å²) in [7, 11) is 0. The molecule has 4 nitrogen and oxygen atoms in total. The van der Waals surface area contributed by atoms with Gasteiger partial charge in [0.05, 0.1) is 11.9 Å². The van der Waals surface area contributed by atoms with E-state index in [-0.39, 0.29) is 10.9 Å². The number of H-pyrrole nitrogens is 1. The van der Waals surface area contributed by atoms with Crippen LogP contribution in [-0.2, 0) is 12.0 Å². The van der Waals surface area contributed by atoms with Crippen LogP contribution in [0.15, 0.2) is 41.0 Å². The van der Waals surface area contributed by atoms with Gasteiger partial charge in [-0.2, -0.15) is 15.4 Å². The molecule has 0 saturated heterocycles. The van der Waals surface area contributed by atoms with Crippen molar-refractivity contribution >= 4 is 34.8 Å². The number of halogens is 3. The lowest BCUT2D eigenvalue weighted by Crippen LogP contribution is -2.26. The van der Waals surface area contributed by atoms with Gasteiger partial charge in [0.25, 0.3) is 0 Å². The highest BCUT2D eigenvalue weighted by Crippen LogP contribution is 2.30. The molecule has 19 heavy (non-hydrogen) atoms. The van der Waals surface area contributed by atoms with Gasteiger partial charge >= 0.3 is 0 Å². The number of aromatic amines is 1. The Morgan fingerprint density at radius 1 is 1.32 bits per heavy atom. The summed E-state index contributed by atoms with van der Waals surface area (Å²) >= 11 is 17.2. The second-order valence-corrected chi connectivity index (χ2v) is 5.45. The van der Waals surface area contributed by atoms with Gasteiger partial charge in [0, 0.05) is 11.4 Å². The maximum atomic E-state index is 10.7. The molecule has 0 fully saturated rings. The second-order valence-electron chi connectivity index (χ2n) is 4.00. The highest BCUT2D eigenvalue weighted by Gasteiger charge is 2.29. The van der Waals surface area contributed by atoms with Crippen LogP contribution in [0.2, 0.25) is 5.02 Å². The fourth-order valence-electron chi connectivity index (χ4n) is 1.74. The van der Waals surface area contributed by atoms with Gasteiger partial charge in [-0.25, -0.2) is 0 Å². The Bertz CT molecular complexity index is 564. The monoisotopic (exact) mass is 317 g/mol. The minimum Gasteiger partial charge on any atom is -0.381 e. The first kappa shape index (κ1) is 14.3. The quantitative estimate of drug-likeness (QED) is 0.910. The molecular formula is C12H10Cl3N3O. The van der Waals surface area contributed by atoms with Crippen LogP contribution in [-0.4, -0.2) is 20.5 Å². The van der Waals surface area contributed by atoms with E-state index in [0.29, 0.717) is 16.3 Å². The van der Waals surface area contributed by atoms with Crippen LogP contribution < -0.4 is 0 Å². The summed E-state index contributed by atoms with van der Waals surface area (Å²) in [5.41, 5.74) is -0.178. The summed E-state index contributed by atoms with van der Waals surface area (Å²) in [6.07, 6.45) is 3.07. The van der Waals surface area contributed by atoms with Gasteiger partial charge in [0.1, 0.15) is 10.1 Å². The number of hydrogen-bond donors (Lipinski definition) is 2. The van der Waals surface area contributed by atoms with Crippen molar-refractivity contribution in [3.05, 3.63) is 57.3 Å². The topological polar surface area (TPSA) is 61.8 Å². The van der Waals surface area contributed by atoms with Crippen LogP contribution in [0.1, 0.15) is 11.3 Å². The third kappa shape index (κ3) is 3.70. The highest BCUT2D eigenvalue weighted by atomic mass is 35.5. The molecule has 0 aliphatic carbocycles. The fraction of sp³-hybridized carbons (Fsp3) is 0.167. The molecule has 0 saturated carbocycles. The van der Waals surface area contributed by atoms with Crippen molar-refractivity contribution in [3.8, 4) is 0 Å². The van der Waals surface area contributed by atoms with Crippen LogP contribution in [0, 0.1) is 0 Å². The largest absolute Gasteiger partial charge is 0.381 e. The van der Waals surface area contributed by atoms with E-state index in [1.54, 1.807) is 24.3 Å². The summed E-state index contributed by atoms with van der Waals surface area (Å²) in [5, 5.41) is 21.4. The molecule has 1 aromatic heterocycles. The normalized spacial score (nSPS) is 13.9. The predicted octanol–water partition coefficient (Wildman–Crippen LogP) is 3.21. The molecule has 1 heterocycles. The Balaban J connectivity index is 2.39. The SMILES string of the molecule is OC(C=C(Cl)Cl)(Cc1cn[nH]n1)c1ccc(Cl)cc1. The standard InChI is InChI=1S/C12H10Cl3N3O/c13-9-3-1-8(2-4-9)12(19,6-11(14)15)5-10-7-16-18-17-10/h1-4,6-7,19H,5H2,(H,16,17,18). The summed E-state index contributed by atoms with van der Waals surface area (Å²) in [5.74, 6) is 0. The first-order chi connectivity index (χ1) is 8.99. The molecule has 100 valence electrons. The summed E-state index contributed by atoms with van der Waals surface area (Å²) in [6, 6.07) is 6.77. The van der Waals surface area contributed by atoms with Crippen LogP contribution in [0.5, 0.6) is 0 Å². The average molecular weight is 319 g/mol. The molecule has 1 unspecified atom stereocenters. The summed E-state index contributed by atoms with van der Waals surface area (Å²) < 4.78 is -0.0269. The molecule has 0 aliphatic heterocycles. The molecule has 2 aromatic rings. The third-order valence-corrected chi connectivity index (χ3v) is 3.08. The van der Waals surface area contributed by atoms with Gasteiger partial charge in [0.2, 0.25) is 0 Å². The zero-order valence-electron chi connectivity index (χ0n) is 9.65. The van der Waals surface area contributed by atoms with Crippen LogP contribution in [0.3, 0.4) is 0 Å². The van der Waals surface area contributed by atoms with E-state index < -0.39 is 5.60 Å². The van der Waals surface area contributed by atoms with E-state index in [1.165, 1.54) is 12.3 Å². The third-order valence-electron chi connectivity index (χ3n) is 2.61. The second kappa shape index (κ2) is 5.92. The molecule has 7 heteroatoms. The summed E-state index contributed by atoms with van der Waals surface area (Å²) in [4.78, 5) is 0. The molecular weight excluding hydrogens is 309 g/mol. The molecule has 2 rings (SSSR count). The molecule has 1 aromatic carbocycles. The van der Waals surface area contributed by atoms with Crippen molar-refractivity contribution in [1.29, 1.82) is 0 Å². The van der Waals surface area contributed by atoms with Gasteiger partial charge in [-0.1, -0.05) is 46.9 Å². The van der Waals surface area contributed by atoms with E-state index in [0.717, 1.165) is 0 Å². The molecule has 0 aliphatic rings. The van der Waals surface area contributed by atoms with E-state index >= 15 is 0 Å². The van der Waals surface area contributed by atoms with Gasteiger partial charge < -0.3 is 5.11 Å². The van der Waals surface area contributed by atoms with Gasteiger partial charge in [-0.05, 0) is 23.8 Å². The van der Waals surface area contributed by atoms with Gasteiger partial charge in [-0.3, -0.25) is 0 Å². The molecule has 0 amide bonds. The molecule has 0 bridgehead atoms. The fourth-order valence-corrected chi connectivity index (χ4v) is 2.23. The number of nitrogens with zero attached hydrogens (tertiary/aromatic N) is 2. The number of benzene rings is 1. The Kier molecular flexibility index (Phi) is 4.47. The minimum atomic E-state index is -1.37. The Morgan fingerprint density at radius 3 is 2.53 bits per heavy atom. The Morgan fingerprint density at radius 2 is 2.00 bits per heavy atom. The predicted molar refractivity (Wildman–Crippen MR) is 75.2 cm³/mol. The van der Waals surface area contributed by atoms with Crippen molar-refractivity contribution in [1.82, 2.24) is 15.4 Å². The van der Waals surface area contributed by atoms with Crippen molar-refractivity contribution in [3.63, 3.8) is 0 Å². The van der Waals surface area contributed by atoms with Crippen molar-refractivity contribution in [2.24, 2.45) is 0 Å². The Hall–Kier alpha value is -1.07.